The Bertz CT molecular complexity index is 549. The number of ether oxygens (including phenoxy) is 2. The molecule has 0 bridgehead atoms. The molecule has 6 nitrogen and oxygen atoms in total. The minimum absolute atomic E-state index is 0. The SMILES string of the molecule is CN=C(NCc1cccc(C)n1)N1CCOC(C2CCCO2)C1.I. The predicted molar refractivity (Wildman–Crippen MR) is 105 cm³/mol. The molecule has 1 aromatic rings. The zero-order valence-electron chi connectivity index (χ0n) is 14.4. The van der Waals surface area contributed by atoms with Crippen LogP contribution in [0.1, 0.15) is 24.2 Å². The Balaban J connectivity index is 0.00000208. The third-order valence-electron chi connectivity index (χ3n) is 4.36. The van der Waals surface area contributed by atoms with E-state index in [2.05, 4.69) is 20.2 Å². The number of nitrogens with one attached hydrogen (secondary N) is 1. The van der Waals surface area contributed by atoms with E-state index in [0.717, 1.165) is 49.9 Å². The lowest BCUT2D eigenvalue weighted by Crippen LogP contribution is -2.53. The summed E-state index contributed by atoms with van der Waals surface area (Å²) in [6.45, 7) is 5.93. The number of aryl methyl sites for hydroxylation is 1. The molecular weight excluding hydrogens is 419 g/mol. The third-order valence-corrected chi connectivity index (χ3v) is 4.36. The number of guanidine groups is 1. The molecule has 2 unspecified atom stereocenters. The second kappa shape index (κ2) is 9.53. The highest BCUT2D eigenvalue weighted by Gasteiger charge is 2.32. The molecule has 3 heterocycles. The highest BCUT2D eigenvalue weighted by atomic mass is 127. The second-order valence-electron chi connectivity index (χ2n) is 6.08. The Kier molecular flexibility index (Phi) is 7.70. The van der Waals surface area contributed by atoms with Crippen LogP contribution in [0.25, 0.3) is 0 Å². The minimum atomic E-state index is 0. The molecular formula is C17H27IN4O2. The molecule has 0 aromatic carbocycles. The zero-order valence-corrected chi connectivity index (χ0v) is 16.7. The van der Waals surface area contributed by atoms with Crippen LogP contribution in [0.3, 0.4) is 0 Å². The monoisotopic (exact) mass is 446 g/mol. The molecule has 3 rings (SSSR count). The van der Waals surface area contributed by atoms with Crippen molar-refractivity contribution in [2.45, 2.75) is 38.5 Å². The molecule has 1 N–H and O–H groups in total. The van der Waals surface area contributed by atoms with E-state index in [1.807, 2.05) is 32.2 Å². The maximum absolute atomic E-state index is 5.90. The number of nitrogens with zero attached hydrogens (tertiary/aromatic N) is 3. The van der Waals surface area contributed by atoms with Gasteiger partial charge in [0.15, 0.2) is 5.96 Å². The summed E-state index contributed by atoms with van der Waals surface area (Å²) in [7, 11) is 1.82. The first-order chi connectivity index (χ1) is 11.3. The lowest BCUT2D eigenvalue weighted by atomic mass is 10.1. The standard InChI is InChI=1S/C17H26N4O2.HI/c1-13-5-3-6-14(20-13)11-19-17(18-2)21-8-10-23-16(12-21)15-7-4-9-22-15;/h3,5-6,15-16H,4,7-12H2,1-2H3,(H,18,19);1H. The first kappa shape index (κ1) is 19.4. The number of halogens is 1. The van der Waals surface area contributed by atoms with Crippen molar-refractivity contribution in [3.63, 3.8) is 0 Å². The second-order valence-corrected chi connectivity index (χ2v) is 6.08. The topological polar surface area (TPSA) is 59.0 Å². The maximum atomic E-state index is 5.90. The summed E-state index contributed by atoms with van der Waals surface area (Å²) in [5.41, 5.74) is 2.05. The van der Waals surface area contributed by atoms with Gasteiger partial charge in [-0.3, -0.25) is 9.98 Å². The summed E-state index contributed by atoms with van der Waals surface area (Å²) in [4.78, 5) is 11.2. The molecule has 0 amide bonds. The lowest BCUT2D eigenvalue weighted by Gasteiger charge is -2.37. The number of pyridine rings is 1. The minimum Gasteiger partial charge on any atom is -0.375 e. The molecule has 0 aliphatic carbocycles. The van der Waals surface area contributed by atoms with Gasteiger partial charge in [-0.25, -0.2) is 0 Å². The van der Waals surface area contributed by atoms with E-state index in [1.165, 1.54) is 0 Å². The Morgan fingerprint density at radius 2 is 2.17 bits per heavy atom. The predicted octanol–water partition coefficient (Wildman–Crippen LogP) is 1.96. The van der Waals surface area contributed by atoms with Crippen LogP contribution in [0.5, 0.6) is 0 Å². The van der Waals surface area contributed by atoms with Gasteiger partial charge in [0.2, 0.25) is 0 Å². The van der Waals surface area contributed by atoms with Gasteiger partial charge in [0.05, 0.1) is 24.9 Å². The summed E-state index contributed by atoms with van der Waals surface area (Å²) in [5.74, 6) is 0.902. The molecule has 2 saturated heterocycles. The van der Waals surface area contributed by atoms with Gasteiger partial charge in [-0.1, -0.05) is 6.07 Å². The molecule has 0 saturated carbocycles. The smallest absolute Gasteiger partial charge is 0.194 e. The zero-order chi connectivity index (χ0) is 16.1. The van der Waals surface area contributed by atoms with Crippen molar-refractivity contribution in [3.8, 4) is 0 Å². The van der Waals surface area contributed by atoms with Crippen LogP contribution >= 0.6 is 24.0 Å². The summed E-state index contributed by atoms with van der Waals surface area (Å²) in [6, 6.07) is 6.07. The van der Waals surface area contributed by atoms with Crippen LogP contribution in [0, 0.1) is 6.92 Å². The third kappa shape index (κ3) is 5.03. The normalized spacial score (nSPS) is 24.6. The Morgan fingerprint density at radius 1 is 1.33 bits per heavy atom. The summed E-state index contributed by atoms with van der Waals surface area (Å²) in [5, 5.41) is 3.41. The number of morpholine rings is 1. The summed E-state index contributed by atoms with van der Waals surface area (Å²) < 4.78 is 11.7. The van der Waals surface area contributed by atoms with Crippen molar-refractivity contribution in [2.24, 2.45) is 4.99 Å². The van der Waals surface area contributed by atoms with E-state index in [-0.39, 0.29) is 36.2 Å². The van der Waals surface area contributed by atoms with Crippen molar-refractivity contribution < 1.29 is 9.47 Å². The summed E-state index contributed by atoms with van der Waals surface area (Å²) >= 11 is 0. The van der Waals surface area contributed by atoms with E-state index in [9.17, 15) is 0 Å². The molecule has 0 radical (unpaired) electrons. The number of rotatable bonds is 3. The summed E-state index contributed by atoms with van der Waals surface area (Å²) in [6.07, 6.45) is 2.60. The molecule has 2 aliphatic rings. The Labute approximate surface area is 161 Å². The fourth-order valence-electron chi connectivity index (χ4n) is 3.19. The van der Waals surface area contributed by atoms with Crippen molar-refractivity contribution in [1.82, 2.24) is 15.2 Å². The van der Waals surface area contributed by atoms with E-state index in [0.29, 0.717) is 13.2 Å². The van der Waals surface area contributed by atoms with E-state index < -0.39 is 0 Å². The first-order valence-corrected chi connectivity index (χ1v) is 8.37. The molecule has 2 fully saturated rings. The largest absolute Gasteiger partial charge is 0.375 e. The molecule has 2 atom stereocenters. The van der Waals surface area contributed by atoms with E-state index in [1.54, 1.807) is 0 Å². The number of hydrogen-bond donors (Lipinski definition) is 1. The fourth-order valence-corrected chi connectivity index (χ4v) is 3.19. The fraction of sp³-hybridized carbons (Fsp3) is 0.647. The molecule has 0 spiro atoms. The van der Waals surface area contributed by atoms with Gasteiger partial charge in [0, 0.05) is 32.4 Å². The van der Waals surface area contributed by atoms with Crippen molar-refractivity contribution in [1.29, 1.82) is 0 Å². The van der Waals surface area contributed by atoms with Crippen molar-refractivity contribution in [3.05, 3.63) is 29.6 Å². The van der Waals surface area contributed by atoms with Gasteiger partial charge in [0.1, 0.15) is 6.10 Å². The Hall–Kier alpha value is -0.930. The van der Waals surface area contributed by atoms with Crippen LogP contribution in [-0.2, 0) is 16.0 Å². The van der Waals surface area contributed by atoms with Crippen LogP contribution in [0.15, 0.2) is 23.2 Å². The van der Waals surface area contributed by atoms with Gasteiger partial charge in [-0.2, -0.15) is 0 Å². The average Bonchev–Trinajstić information content (AvgIpc) is 3.10. The number of aliphatic imine (C=N–C) groups is 1. The van der Waals surface area contributed by atoms with Gasteiger partial charge >= 0.3 is 0 Å². The van der Waals surface area contributed by atoms with Crippen LogP contribution in [0.2, 0.25) is 0 Å². The van der Waals surface area contributed by atoms with E-state index in [4.69, 9.17) is 9.47 Å². The highest BCUT2D eigenvalue weighted by Crippen LogP contribution is 2.21. The highest BCUT2D eigenvalue weighted by molar-refractivity contribution is 14.0. The average molecular weight is 446 g/mol. The van der Waals surface area contributed by atoms with Crippen LogP contribution in [0.4, 0.5) is 0 Å². The molecule has 134 valence electrons. The molecule has 2 aliphatic heterocycles. The van der Waals surface area contributed by atoms with Gasteiger partial charge in [-0.05, 0) is 31.9 Å². The number of hydrogen-bond acceptors (Lipinski definition) is 4. The first-order valence-electron chi connectivity index (χ1n) is 8.37. The molecule has 7 heteroatoms. The molecule has 1 aromatic heterocycles. The van der Waals surface area contributed by atoms with Crippen LogP contribution in [-0.4, -0.2) is 61.4 Å². The van der Waals surface area contributed by atoms with E-state index >= 15 is 0 Å². The molecule has 24 heavy (non-hydrogen) atoms. The van der Waals surface area contributed by atoms with Gasteiger partial charge < -0.3 is 19.7 Å². The quantitative estimate of drug-likeness (QED) is 0.437. The van der Waals surface area contributed by atoms with Gasteiger partial charge in [0.25, 0.3) is 0 Å². The van der Waals surface area contributed by atoms with Crippen LogP contribution < -0.4 is 5.32 Å². The number of aromatic nitrogens is 1. The Morgan fingerprint density at radius 3 is 2.88 bits per heavy atom. The maximum Gasteiger partial charge on any atom is 0.194 e. The van der Waals surface area contributed by atoms with Crippen molar-refractivity contribution >= 4 is 29.9 Å². The van der Waals surface area contributed by atoms with Gasteiger partial charge in [-0.15, -0.1) is 24.0 Å². The lowest BCUT2D eigenvalue weighted by molar-refractivity contribution is -0.0817. The van der Waals surface area contributed by atoms with Crippen molar-refractivity contribution in [2.75, 3.05) is 33.4 Å².